The molecular weight excluding hydrogens is 401 g/mol. The molecule has 0 N–H and O–H groups in total. The molecule has 1 saturated carbocycles. The number of halogens is 2. The second-order valence-electron chi connectivity index (χ2n) is 6.48. The van der Waals surface area contributed by atoms with Gasteiger partial charge in [-0.3, -0.25) is 9.48 Å². The first kappa shape index (κ1) is 17.1. The largest absolute Gasteiger partial charge is 0.294 e. The first-order valence-corrected chi connectivity index (χ1v) is 9.24. The summed E-state index contributed by atoms with van der Waals surface area (Å²) in [5.41, 5.74) is 1.84. The molecule has 2 aromatic heterocycles. The third-order valence-electron chi connectivity index (χ3n) is 4.76. The smallest absolute Gasteiger partial charge is 0.160 e. The van der Waals surface area contributed by atoms with Crippen LogP contribution < -0.4 is 0 Å². The van der Waals surface area contributed by atoms with E-state index in [4.69, 9.17) is 0 Å². The van der Waals surface area contributed by atoms with Gasteiger partial charge < -0.3 is 0 Å². The number of ketones is 1. The van der Waals surface area contributed by atoms with Crippen LogP contribution in [0.3, 0.4) is 0 Å². The fraction of sp³-hybridized carbons (Fsp3) is 0.333. The van der Waals surface area contributed by atoms with Crippen LogP contribution in [0, 0.1) is 5.82 Å². The normalized spacial score (nSPS) is 14.4. The fourth-order valence-electron chi connectivity index (χ4n) is 3.13. The molecule has 134 valence electrons. The molecule has 0 spiro atoms. The van der Waals surface area contributed by atoms with Gasteiger partial charge in [0.1, 0.15) is 16.7 Å². The Morgan fingerprint density at radius 3 is 2.85 bits per heavy atom. The summed E-state index contributed by atoms with van der Waals surface area (Å²) in [7, 11) is 0. The lowest BCUT2D eigenvalue weighted by Crippen LogP contribution is -2.18. The van der Waals surface area contributed by atoms with Gasteiger partial charge in [0, 0.05) is 16.7 Å². The maximum Gasteiger partial charge on any atom is 0.160 e. The van der Waals surface area contributed by atoms with E-state index >= 15 is 0 Å². The highest BCUT2D eigenvalue weighted by molar-refractivity contribution is 9.10. The highest BCUT2D eigenvalue weighted by Gasteiger charge is 2.24. The van der Waals surface area contributed by atoms with Crippen molar-refractivity contribution in [2.45, 2.75) is 38.8 Å². The highest BCUT2D eigenvalue weighted by atomic mass is 79.9. The molecule has 0 bridgehead atoms. The topological polar surface area (TPSA) is 65.6 Å². The SMILES string of the molecule is CC(=O)c1cc(F)ccc1-c1ncnn1Cc1cnn(C2CCC2)c1Br. The Bertz CT molecular complexity index is 976. The van der Waals surface area contributed by atoms with Crippen LogP contribution in [0.5, 0.6) is 0 Å². The molecule has 0 unspecified atom stereocenters. The van der Waals surface area contributed by atoms with Crippen LogP contribution in [-0.2, 0) is 6.54 Å². The van der Waals surface area contributed by atoms with Crippen LogP contribution in [0.15, 0.2) is 35.3 Å². The minimum Gasteiger partial charge on any atom is -0.294 e. The van der Waals surface area contributed by atoms with Crippen LogP contribution in [0.2, 0.25) is 0 Å². The Labute approximate surface area is 158 Å². The molecule has 2 heterocycles. The maximum atomic E-state index is 13.6. The van der Waals surface area contributed by atoms with Crippen molar-refractivity contribution in [2.24, 2.45) is 0 Å². The van der Waals surface area contributed by atoms with Gasteiger partial charge in [0.05, 0.1) is 18.8 Å². The predicted molar refractivity (Wildman–Crippen MR) is 97.3 cm³/mol. The molecule has 1 aliphatic rings. The van der Waals surface area contributed by atoms with E-state index in [1.54, 1.807) is 10.7 Å². The van der Waals surface area contributed by atoms with Crippen molar-refractivity contribution in [3.8, 4) is 11.4 Å². The number of carbonyl (C=O) groups is 1. The average Bonchev–Trinajstić information content (AvgIpc) is 3.15. The Hall–Kier alpha value is -2.35. The van der Waals surface area contributed by atoms with Gasteiger partial charge >= 0.3 is 0 Å². The number of aromatic nitrogens is 5. The van der Waals surface area contributed by atoms with Crippen LogP contribution in [0.1, 0.15) is 48.1 Å². The van der Waals surface area contributed by atoms with E-state index < -0.39 is 5.82 Å². The Morgan fingerprint density at radius 1 is 1.35 bits per heavy atom. The van der Waals surface area contributed by atoms with Crippen molar-refractivity contribution in [1.29, 1.82) is 0 Å². The van der Waals surface area contributed by atoms with Gasteiger partial charge in [-0.05, 0) is 60.3 Å². The average molecular weight is 418 g/mol. The van der Waals surface area contributed by atoms with Gasteiger partial charge in [-0.15, -0.1) is 0 Å². The summed E-state index contributed by atoms with van der Waals surface area (Å²) in [5, 5.41) is 8.77. The second-order valence-corrected chi connectivity index (χ2v) is 7.23. The van der Waals surface area contributed by atoms with Crippen molar-refractivity contribution < 1.29 is 9.18 Å². The molecule has 6 nitrogen and oxygen atoms in total. The lowest BCUT2D eigenvalue weighted by atomic mass is 9.93. The number of Topliss-reactive ketones (excluding diaryl/α,β-unsaturated/α-hetero) is 1. The third kappa shape index (κ3) is 2.98. The molecule has 1 aromatic carbocycles. The molecule has 0 saturated heterocycles. The number of hydrogen-bond donors (Lipinski definition) is 0. The maximum absolute atomic E-state index is 13.6. The molecule has 3 aromatic rings. The molecule has 26 heavy (non-hydrogen) atoms. The zero-order chi connectivity index (χ0) is 18.3. The summed E-state index contributed by atoms with van der Waals surface area (Å²) >= 11 is 3.64. The molecule has 1 aliphatic carbocycles. The zero-order valence-corrected chi connectivity index (χ0v) is 15.8. The van der Waals surface area contributed by atoms with E-state index in [1.165, 1.54) is 31.8 Å². The monoisotopic (exact) mass is 417 g/mol. The van der Waals surface area contributed by atoms with E-state index in [1.807, 2.05) is 10.9 Å². The summed E-state index contributed by atoms with van der Waals surface area (Å²) in [6.45, 7) is 1.87. The highest BCUT2D eigenvalue weighted by Crippen LogP contribution is 2.34. The minimum atomic E-state index is -0.450. The van der Waals surface area contributed by atoms with Crippen LogP contribution in [0.25, 0.3) is 11.4 Å². The minimum absolute atomic E-state index is 0.215. The number of hydrogen-bond acceptors (Lipinski definition) is 4. The Kier molecular flexibility index (Phi) is 4.44. The van der Waals surface area contributed by atoms with E-state index in [9.17, 15) is 9.18 Å². The Morgan fingerprint density at radius 2 is 2.15 bits per heavy atom. The van der Waals surface area contributed by atoms with Gasteiger partial charge in [-0.2, -0.15) is 10.2 Å². The third-order valence-corrected chi connectivity index (χ3v) is 5.63. The van der Waals surface area contributed by atoms with Crippen molar-refractivity contribution >= 4 is 21.7 Å². The zero-order valence-electron chi connectivity index (χ0n) is 14.2. The van der Waals surface area contributed by atoms with E-state index in [0.29, 0.717) is 29.5 Å². The quantitative estimate of drug-likeness (QED) is 0.588. The predicted octanol–water partition coefficient (Wildman–Crippen LogP) is 4.02. The van der Waals surface area contributed by atoms with Crippen molar-refractivity contribution in [2.75, 3.05) is 0 Å². The Balaban J connectivity index is 1.68. The van der Waals surface area contributed by atoms with Gasteiger partial charge in [0.15, 0.2) is 11.6 Å². The standard InChI is InChI=1S/C18H17BrFN5O/c1-11(26)16-7-13(20)5-6-15(16)18-21-10-23-24(18)9-12-8-22-25(17(12)19)14-3-2-4-14/h5-8,10,14H,2-4,9H2,1H3. The van der Waals surface area contributed by atoms with Gasteiger partial charge in [-0.25, -0.2) is 14.1 Å². The molecule has 0 aliphatic heterocycles. The van der Waals surface area contributed by atoms with Crippen molar-refractivity contribution in [3.05, 3.63) is 52.3 Å². The summed E-state index contributed by atoms with van der Waals surface area (Å²) in [4.78, 5) is 16.2. The first-order chi connectivity index (χ1) is 12.5. The van der Waals surface area contributed by atoms with Crippen LogP contribution in [-0.4, -0.2) is 30.3 Å². The van der Waals surface area contributed by atoms with Crippen LogP contribution >= 0.6 is 15.9 Å². The molecular formula is C18H17BrFN5O. The van der Waals surface area contributed by atoms with Crippen molar-refractivity contribution in [3.63, 3.8) is 0 Å². The van der Waals surface area contributed by atoms with Gasteiger partial charge in [0.2, 0.25) is 0 Å². The van der Waals surface area contributed by atoms with E-state index in [0.717, 1.165) is 23.0 Å². The van der Waals surface area contributed by atoms with Crippen molar-refractivity contribution in [1.82, 2.24) is 24.5 Å². The molecule has 8 heteroatoms. The number of benzene rings is 1. The van der Waals surface area contributed by atoms with Gasteiger partial charge in [0.25, 0.3) is 0 Å². The number of nitrogens with zero attached hydrogens (tertiary/aromatic N) is 5. The molecule has 1 fully saturated rings. The summed E-state index contributed by atoms with van der Waals surface area (Å²) < 4.78 is 18.2. The lowest BCUT2D eigenvalue weighted by Gasteiger charge is -2.26. The summed E-state index contributed by atoms with van der Waals surface area (Å²) in [5.74, 6) is -0.138. The lowest BCUT2D eigenvalue weighted by molar-refractivity contribution is 0.101. The number of rotatable bonds is 5. The first-order valence-electron chi connectivity index (χ1n) is 8.45. The van der Waals surface area contributed by atoms with Gasteiger partial charge in [-0.1, -0.05) is 0 Å². The summed E-state index contributed by atoms with van der Waals surface area (Å²) in [6, 6.07) is 4.58. The van der Waals surface area contributed by atoms with E-state index in [-0.39, 0.29) is 5.78 Å². The van der Waals surface area contributed by atoms with E-state index in [2.05, 4.69) is 31.1 Å². The fourth-order valence-corrected chi connectivity index (χ4v) is 3.74. The summed E-state index contributed by atoms with van der Waals surface area (Å²) in [6.07, 6.45) is 6.78. The number of carbonyl (C=O) groups excluding carboxylic acids is 1. The molecule has 0 radical (unpaired) electrons. The van der Waals surface area contributed by atoms with Crippen LogP contribution in [0.4, 0.5) is 4.39 Å². The molecule has 0 amide bonds. The second kappa shape index (κ2) is 6.75. The molecule has 0 atom stereocenters. The molecule has 4 rings (SSSR count).